The summed E-state index contributed by atoms with van der Waals surface area (Å²) >= 11 is 0. The summed E-state index contributed by atoms with van der Waals surface area (Å²) < 4.78 is 54.9. The van der Waals surface area contributed by atoms with Crippen LogP contribution in [0.5, 0.6) is 0 Å². The van der Waals surface area contributed by atoms with Crippen molar-refractivity contribution < 1.29 is 26.8 Å². The Morgan fingerprint density at radius 1 is 0.909 bits per heavy atom. The van der Waals surface area contributed by atoms with E-state index in [4.69, 9.17) is 0 Å². The van der Waals surface area contributed by atoms with Crippen molar-refractivity contribution in [1.82, 2.24) is 10.6 Å². The van der Waals surface area contributed by atoms with Crippen LogP contribution >= 0.6 is 0 Å². The Balaban J connectivity index is 1.86. The molecule has 0 aliphatic rings. The van der Waals surface area contributed by atoms with Gasteiger partial charge in [0.25, 0.3) is 15.9 Å². The van der Waals surface area contributed by atoms with Gasteiger partial charge < -0.3 is 10.6 Å². The van der Waals surface area contributed by atoms with Gasteiger partial charge in [-0.05, 0) is 60.5 Å². The summed E-state index contributed by atoms with van der Waals surface area (Å²) in [5.74, 6) is -3.72. The lowest BCUT2D eigenvalue weighted by molar-refractivity contribution is -0.122. The van der Waals surface area contributed by atoms with Crippen molar-refractivity contribution in [2.75, 3.05) is 11.8 Å². The van der Waals surface area contributed by atoms with Gasteiger partial charge in [-0.15, -0.1) is 0 Å². The van der Waals surface area contributed by atoms with E-state index >= 15 is 0 Å². The number of rotatable bonds is 7. The van der Waals surface area contributed by atoms with E-state index in [1.807, 2.05) is 13.0 Å². The standard InChI is InChI=1S/C23H21F2N3O4S/c1-14-5-3-7-17(11-14)28-33(31,32)18-8-4-6-16(12-18)22(29)27-21(23(30)26-2)15-9-10-19(24)20(25)13-15/h3-13,21,28H,1-2H3,(H,26,30)(H,27,29). The first-order chi connectivity index (χ1) is 15.6. The predicted octanol–water partition coefficient (Wildman–Crippen LogP) is 3.29. The molecule has 0 fully saturated rings. The molecule has 0 bridgehead atoms. The fraction of sp³-hybridized carbons (Fsp3) is 0.130. The number of likely N-dealkylation sites (N-methyl/N-ethyl adjacent to an activating group) is 1. The highest BCUT2D eigenvalue weighted by molar-refractivity contribution is 7.92. The number of sulfonamides is 1. The molecule has 3 rings (SSSR count). The Labute approximate surface area is 189 Å². The second-order valence-corrected chi connectivity index (χ2v) is 8.88. The molecule has 172 valence electrons. The molecule has 10 heteroatoms. The number of carbonyl (C=O) groups is 2. The van der Waals surface area contributed by atoms with Crippen molar-refractivity contribution in [2.24, 2.45) is 0 Å². The quantitative estimate of drug-likeness (QED) is 0.490. The van der Waals surface area contributed by atoms with Gasteiger partial charge in [0, 0.05) is 18.3 Å². The summed E-state index contributed by atoms with van der Waals surface area (Å²) in [4.78, 5) is 24.9. The smallest absolute Gasteiger partial charge is 0.261 e. The van der Waals surface area contributed by atoms with E-state index in [2.05, 4.69) is 15.4 Å². The van der Waals surface area contributed by atoms with E-state index < -0.39 is 39.5 Å². The van der Waals surface area contributed by atoms with Crippen LogP contribution in [0.4, 0.5) is 14.5 Å². The van der Waals surface area contributed by atoms with Crippen LogP contribution in [0.1, 0.15) is 27.5 Å². The number of anilines is 1. The normalized spacial score (nSPS) is 12.0. The van der Waals surface area contributed by atoms with Gasteiger partial charge in [0.15, 0.2) is 11.6 Å². The van der Waals surface area contributed by atoms with Crippen LogP contribution in [-0.4, -0.2) is 27.3 Å². The van der Waals surface area contributed by atoms with Gasteiger partial charge in [-0.25, -0.2) is 17.2 Å². The number of hydrogen-bond acceptors (Lipinski definition) is 4. The highest BCUT2D eigenvalue weighted by Crippen LogP contribution is 2.20. The number of carbonyl (C=O) groups excluding carboxylic acids is 2. The van der Waals surface area contributed by atoms with Crippen LogP contribution in [0.2, 0.25) is 0 Å². The molecule has 0 aromatic heterocycles. The van der Waals surface area contributed by atoms with Crippen molar-refractivity contribution in [1.29, 1.82) is 0 Å². The zero-order valence-corrected chi connectivity index (χ0v) is 18.5. The van der Waals surface area contributed by atoms with Crippen LogP contribution in [0.15, 0.2) is 71.6 Å². The molecule has 3 N–H and O–H groups in total. The average molecular weight is 474 g/mol. The number of amides is 2. The fourth-order valence-corrected chi connectivity index (χ4v) is 4.17. The minimum absolute atomic E-state index is 0.0199. The lowest BCUT2D eigenvalue weighted by Crippen LogP contribution is -2.39. The number of aryl methyl sites for hydroxylation is 1. The maximum Gasteiger partial charge on any atom is 0.261 e. The third kappa shape index (κ3) is 5.72. The highest BCUT2D eigenvalue weighted by Gasteiger charge is 2.24. The Hall–Kier alpha value is -3.79. The summed E-state index contributed by atoms with van der Waals surface area (Å²) in [5.41, 5.74) is 1.20. The zero-order chi connectivity index (χ0) is 24.2. The van der Waals surface area contributed by atoms with Crippen molar-refractivity contribution in [3.05, 3.63) is 95.1 Å². The monoisotopic (exact) mass is 473 g/mol. The zero-order valence-electron chi connectivity index (χ0n) is 17.7. The molecule has 0 aliphatic heterocycles. The van der Waals surface area contributed by atoms with Gasteiger partial charge in [-0.1, -0.05) is 24.3 Å². The number of hydrogen-bond donors (Lipinski definition) is 3. The van der Waals surface area contributed by atoms with E-state index in [1.54, 1.807) is 18.2 Å². The number of nitrogens with one attached hydrogen (secondary N) is 3. The molecule has 0 radical (unpaired) electrons. The van der Waals surface area contributed by atoms with E-state index in [9.17, 15) is 26.8 Å². The minimum Gasteiger partial charge on any atom is -0.357 e. The van der Waals surface area contributed by atoms with E-state index in [1.165, 1.54) is 31.3 Å². The molecule has 33 heavy (non-hydrogen) atoms. The van der Waals surface area contributed by atoms with Gasteiger partial charge in [0.2, 0.25) is 5.91 Å². The van der Waals surface area contributed by atoms with Gasteiger partial charge in [0.05, 0.1) is 4.90 Å². The van der Waals surface area contributed by atoms with E-state index in [-0.39, 0.29) is 16.0 Å². The molecule has 3 aromatic rings. The van der Waals surface area contributed by atoms with E-state index in [0.717, 1.165) is 23.8 Å². The Morgan fingerprint density at radius 2 is 1.64 bits per heavy atom. The lowest BCUT2D eigenvalue weighted by Gasteiger charge is -2.18. The third-order valence-corrected chi connectivity index (χ3v) is 6.12. The Morgan fingerprint density at radius 3 is 2.30 bits per heavy atom. The van der Waals surface area contributed by atoms with Gasteiger partial charge in [-0.2, -0.15) is 0 Å². The van der Waals surface area contributed by atoms with Crippen molar-refractivity contribution >= 4 is 27.5 Å². The molecule has 3 aromatic carbocycles. The SMILES string of the molecule is CNC(=O)C(NC(=O)c1cccc(S(=O)(=O)Nc2cccc(C)c2)c1)c1ccc(F)c(F)c1. The van der Waals surface area contributed by atoms with Crippen molar-refractivity contribution in [3.8, 4) is 0 Å². The largest absolute Gasteiger partial charge is 0.357 e. The fourth-order valence-electron chi connectivity index (χ4n) is 3.08. The first-order valence-corrected chi connectivity index (χ1v) is 11.3. The molecule has 0 aliphatic carbocycles. The van der Waals surface area contributed by atoms with Gasteiger partial charge in [-0.3, -0.25) is 14.3 Å². The predicted molar refractivity (Wildman–Crippen MR) is 119 cm³/mol. The molecule has 0 saturated heterocycles. The summed E-state index contributed by atoms with van der Waals surface area (Å²) in [6, 6.07) is 13.5. The molecule has 0 heterocycles. The van der Waals surface area contributed by atoms with Gasteiger partial charge >= 0.3 is 0 Å². The second kappa shape index (κ2) is 9.78. The van der Waals surface area contributed by atoms with Crippen LogP contribution in [0, 0.1) is 18.6 Å². The molecule has 1 atom stereocenters. The second-order valence-electron chi connectivity index (χ2n) is 7.20. The number of halogens is 2. The van der Waals surface area contributed by atoms with Crippen LogP contribution < -0.4 is 15.4 Å². The third-order valence-electron chi connectivity index (χ3n) is 4.74. The van der Waals surface area contributed by atoms with Crippen molar-refractivity contribution in [3.63, 3.8) is 0 Å². The molecule has 0 saturated carbocycles. The van der Waals surface area contributed by atoms with Gasteiger partial charge in [0.1, 0.15) is 6.04 Å². The minimum atomic E-state index is -4.00. The molecular weight excluding hydrogens is 452 g/mol. The summed E-state index contributed by atoms with van der Waals surface area (Å²) in [7, 11) is -2.67. The maximum absolute atomic E-state index is 13.7. The first kappa shape index (κ1) is 23.9. The lowest BCUT2D eigenvalue weighted by atomic mass is 10.0. The number of benzene rings is 3. The Kier molecular flexibility index (Phi) is 7.07. The van der Waals surface area contributed by atoms with E-state index in [0.29, 0.717) is 5.69 Å². The topological polar surface area (TPSA) is 104 Å². The van der Waals surface area contributed by atoms with Crippen LogP contribution in [0.3, 0.4) is 0 Å². The molecular formula is C23H21F2N3O4S. The molecule has 2 amide bonds. The van der Waals surface area contributed by atoms with Crippen LogP contribution in [0.25, 0.3) is 0 Å². The van der Waals surface area contributed by atoms with Crippen molar-refractivity contribution in [2.45, 2.75) is 17.9 Å². The summed E-state index contributed by atoms with van der Waals surface area (Å²) in [5, 5.41) is 4.77. The summed E-state index contributed by atoms with van der Waals surface area (Å²) in [6.45, 7) is 1.82. The average Bonchev–Trinajstić information content (AvgIpc) is 2.78. The molecule has 1 unspecified atom stereocenters. The first-order valence-electron chi connectivity index (χ1n) is 9.77. The summed E-state index contributed by atoms with van der Waals surface area (Å²) in [6.07, 6.45) is 0. The molecule has 7 nitrogen and oxygen atoms in total. The molecule has 0 spiro atoms. The van der Waals surface area contributed by atoms with Crippen LogP contribution in [-0.2, 0) is 14.8 Å². The highest BCUT2D eigenvalue weighted by atomic mass is 32.2. The maximum atomic E-state index is 13.7. The Bertz CT molecular complexity index is 1310.